The number of rotatable bonds is 2. The Morgan fingerprint density at radius 3 is 2.62 bits per heavy atom. The summed E-state index contributed by atoms with van der Waals surface area (Å²) >= 11 is 5.57. The molecule has 1 aromatic carbocycles. The molecule has 0 radical (unpaired) electrons. The van der Waals surface area contributed by atoms with Crippen LogP contribution in [0.5, 0.6) is 0 Å². The smallest absolute Gasteiger partial charge is 0.142 e. The lowest BCUT2D eigenvalue weighted by atomic mass is 10.1. The lowest BCUT2D eigenvalue weighted by Crippen LogP contribution is -1.92. The molecule has 0 spiro atoms. The van der Waals surface area contributed by atoms with Crippen molar-refractivity contribution in [2.75, 3.05) is 12.4 Å². The fourth-order valence-corrected chi connectivity index (χ4v) is 1.11. The van der Waals surface area contributed by atoms with Gasteiger partial charge in [-0.25, -0.2) is 4.39 Å². The quantitative estimate of drug-likeness (QED) is 0.806. The zero-order valence-corrected chi connectivity index (χ0v) is 8.68. The number of halogens is 3. The van der Waals surface area contributed by atoms with Gasteiger partial charge in [-0.05, 0) is 17.7 Å². The number of hydrogen-bond donors (Lipinski definition) is 1. The molecule has 0 aliphatic rings. The van der Waals surface area contributed by atoms with Crippen LogP contribution in [-0.4, -0.2) is 7.05 Å². The molecular formula is C9H10Cl2FN. The van der Waals surface area contributed by atoms with E-state index >= 15 is 0 Å². The molecule has 0 amide bonds. The standard InChI is InChI=1S/C9H9ClFN.ClH/c1-3-6-4-8(11)7(10)5-9(6)12-2;/h3-5,12H,1H2,2H3;1H. The fourth-order valence-electron chi connectivity index (χ4n) is 0.948. The summed E-state index contributed by atoms with van der Waals surface area (Å²) in [4.78, 5) is 0. The fraction of sp³-hybridized carbons (Fsp3) is 0.111. The van der Waals surface area contributed by atoms with Crippen molar-refractivity contribution in [3.05, 3.63) is 35.1 Å². The maximum absolute atomic E-state index is 12.9. The van der Waals surface area contributed by atoms with Gasteiger partial charge in [0.25, 0.3) is 0 Å². The van der Waals surface area contributed by atoms with Crippen LogP contribution in [0.1, 0.15) is 5.56 Å². The maximum atomic E-state index is 12.9. The molecule has 0 bridgehead atoms. The van der Waals surface area contributed by atoms with Crippen LogP contribution < -0.4 is 5.32 Å². The van der Waals surface area contributed by atoms with Gasteiger partial charge in [0.1, 0.15) is 5.82 Å². The van der Waals surface area contributed by atoms with E-state index in [0.29, 0.717) is 5.56 Å². The summed E-state index contributed by atoms with van der Waals surface area (Å²) in [6, 6.07) is 2.88. The normalized spacial score (nSPS) is 8.85. The SMILES string of the molecule is C=Cc1cc(F)c(Cl)cc1NC.Cl. The van der Waals surface area contributed by atoms with Gasteiger partial charge in [0, 0.05) is 12.7 Å². The van der Waals surface area contributed by atoms with Gasteiger partial charge >= 0.3 is 0 Å². The summed E-state index contributed by atoms with van der Waals surface area (Å²) in [6.45, 7) is 3.56. The average molecular weight is 222 g/mol. The van der Waals surface area contributed by atoms with Crippen LogP contribution in [0.25, 0.3) is 6.08 Å². The Morgan fingerprint density at radius 1 is 1.54 bits per heavy atom. The molecule has 0 saturated carbocycles. The van der Waals surface area contributed by atoms with Crippen LogP contribution in [0.15, 0.2) is 18.7 Å². The van der Waals surface area contributed by atoms with Gasteiger partial charge in [-0.3, -0.25) is 0 Å². The first-order valence-electron chi connectivity index (χ1n) is 3.48. The second kappa shape index (κ2) is 5.10. The van der Waals surface area contributed by atoms with E-state index in [2.05, 4.69) is 11.9 Å². The predicted molar refractivity (Wildman–Crippen MR) is 58.3 cm³/mol. The van der Waals surface area contributed by atoms with Crippen LogP contribution >= 0.6 is 24.0 Å². The van der Waals surface area contributed by atoms with Crippen molar-refractivity contribution in [2.24, 2.45) is 0 Å². The molecule has 72 valence electrons. The van der Waals surface area contributed by atoms with E-state index in [1.54, 1.807) is 13.1 Å². The van der Waals surface area contributed by atoms with Crippen molar-refractivity contribution in [2.45, 2.75) is 0 Å². The van der Waals surface area contributed by atoms with Crippen LogP contribution in [0.2, 0.25) is 5.02 Å². The molecule has 4 heteroatoms. The first kappa shape index (κ1) is 12.3. The first-order valence-corrected chi connectivity index (χ1v) is 3.86. The van der Waals surface area contributed by atoms with Crippen molar-refractivity contribution in [3.8, 4) is 0 Å². The average Bonchev–Trinajstić information content (AvgIpc) is 2.09. The topological polar surface area (TPSA) is 12.0 Å². The molecule has 0 unspecified atom stereocenters. The summed E-state index contributed by atoms with van der Waals surface area (Å²) in [5.74, 6) is -0.425. The molecule has 1 aromatic rings. The van der Waals surface area contributed by atoms with E-state index in [-0.39, 0.29) is 17.4 Å². The summed E-state index contributed by atoms with van der Waals surface area (Å²) in [6.07, 6.45) is 1.57. The molecule has 0 fully saturated rings. The van der Waals surface area contributed by atoms with Crippen molar-refractivity contribution >= 4 is 35.8 Å². The van der Waals surface area contributed by atoms with Crippen LogP contribution in [-0.2, 0) is 0 Å². The van der Waals surface area contributed by atoms with Gasteiger partial charge in [0.05, 0.1) is 5.02 Å². The second-order valence-corrected chi connectivity index (χ2v) is 2.71. The molecule has 0 saturated heterocycles. The van der Waals surface area contributed by atoms with E-state index in [4.69, 9.17) is 11.6 Å². The van der Waals surface area contributed by atoms with Crippen LogP contribution in [0.3, 0.4) is 0 Å². The monoisotopic (exact) mass is 221 g/mol. The predicted octanol–water partition coefficient (Wildman–Crippen LogP) is 3.59. The third-order valence-corrected chi connectivity index (χ3v) is 1.87. The van der Waals surface area contributed by atoms with Gasteiger partial charge in [-0.15, -0.1) is 12.4 Å². The Balaban J connectivity index is 0.00000144. The summed E-state index contributed by atoms with van der Waals surface area (Å²) in [7, 11) is 1.75. The minimum Gasteiger partial charge on any atom is -0.388 e. The second-order valence-electron chi connectivity index (χ2n) is 2.31. The Bertz CT molecular complexity index is 313. The highest BCUT2D eigenvalue weighted by atomic mass is 35.5. The molecule has 0 heterocycles. The molecule has 13 heavy (non-hydrogen) atoms. The van der Waals surface area contributed by atoms with Crippen LogP contribution in [0, 0.1) is 5.82 Å². The highest BCUT2D eigenvalue weighted by Crippen LogP contribution is 2.24. The van der Waals surface area contributed by atoms with E-state index in [0.717, 1.165) is 5.69 Å². The van der Waals surface area contributed by atoms with Crippen molar-refractivity contribution < 1.29 is 4.39 Å². The van der Waals surface area contributed by atoms with E-state index in [1.165, 1.54) is 12.1 Å². The van der Waals surface area contributed by atoms with Crippen LogP contribution in [0.4, 0.5) is 10.1 Å². The van der Waals surface area contributed by atoms with Gasteiger partial charge in [0.2, 0.25) is 0 Å². The Kier molecular flexibility index (Phi) is 4.81. The zero-order chi connectivity index (χ0) is 9.14. The zero-order valence-electron chi connectivity index (χ0n) is 7.10. The van der Waals surface area contributed by atoms with Crippen molar-refractivity contribution in [1.29, 1.82) is 0 Å². The highest BCUT2D eigenvalue weighted by Gasteiger charge is 2.04. The highest BCUT2D eigenvalue weighted by molar-refractivity contribution is 6.31. The number of hydrogen-bond acceptors (Lipinski definition) is 1. The first-order chi connectivity index (χ1) is 5.69. The Morgan fingerprint density at radius 2 is 2.15 bits per heavy atom. The minimum atomic E-state index is -0.425. The van der Waals surface area contributed by atoms with Crippen molar-refractivity contribution in [3.63, 3.8) is 0 Å². The van der Waals surface area contributed by atoms with Gasteiger partial charge in [-0.1, -0.05) is 24.3 Å². The molecule has 0 aliphatic heterocycles. The van der Waals surface area contributed by atoms with E-state index < -0.39 is 5.82 Å². The lowest BCUT2D eigenvalue weighted by molar-refractivity contribution is 0.628. The molecule has 0 atom stereocenters. The van der Waals surface area contributed by atoms with Crippen molar-refractivity contribution in [1.82, 2.24) is 0 Å². The van der Waals surface area contributed by atoms with Gasteiger partial charge in [0.15, 0.2) is 0 Å². The summed E-state index contributed by atoms with van der Waals surface area (Å²) in [5, 5.41) is 3.01. The number of anilines is 1. The Labute approximate surface area is 88.0 Å². The van der Waals surface area contributed by atoms with E-state index in [9.17, 15) is 4.39 Å². The van der Waals surface area contributed by atoms with Gasteiger partial charge in [-0.2, -0.15) is 0 Å². The lowest BCUT2D eigenvalue weighted by Gasteiger charge is -2.05. The third kappa shape index (κ3) is 2.61. The summed E-state index contributed by atoms with van der Waals surface area (Å²) in [5.41, 5.74) is 1.48. The minimum absolute atomic E-state index is 0. The number of benzene rings is 1. The molecular weight excluding hydrogens is 212 g/mol. The molecule has 1 rings (SSSR count). The summed E-state index contributed by atoms with van der Waals surface area (Å²) < 4.78 is 12.9. The van der Waals surface area contributed by atoms with E-state index in [1.807, 2.05) is 0 Å². The number of nitrogens with one attached hydrogen (secondary N) is 1. The maximum Gasteiger partial charge on any atom is 0.142 e. The third-order valence-electron chi connectivity index (χ3n) is 1.58. The molecule has 1 nitrogen and oxygen atoms in total. The molecule has 0 aromatic heterocycles. The molecule has 1 N–H and O–H groups in total. The Hall–Kier alpha value is -0.730. The largest absolute Gasteiger partial charge is 0.388 e. The molecule has 0 aliphatic carbocycles. The van der Waals surface area contributed by atoms with Gasteiger partial charge < -0.3 is 5.32 Å².